The number of amides is 1. The zero-order valence-electron chi connectivity index (χ0n) is 16.7. The van der Waals surface area contributed by atoms with Gasteiger partial charge in [-0.1, -0.05) is 18.6 Å². The predicted octanol–water partition coefficient (Wildman–Crippen LogP) is 1.87. The lowest BCUT2D eigenvalue weighted by atomic mass is 10.0. The normalized spacial score (nSPS) is 17.9. The second-order valence-corrected chi connectivity index (χ2v) is 6.89. The highest BCUT2D eigenvalue weighted by atomic mass is 35.5. The lowest BCUT2D eigenvalue weighted by molar-refractivity contribution is -0.147. The van der Waals surface area contributed by atoms with E-state index in [1.54, 1.807) is 6.92 Å². The Kier molecular flexibility index (Phi) is 10.9. The number of carbonyl (C=O) groups excluding carboxylic acids is 2. The Balaban J connectivity index is 0.00000392. The maximum atomic E-state index is 11.7. The number of nitrogens with one attached hydrogen (secondary N) is 1. The molecule has 1 aromatic rings. The molecule has 2 rings (SSSR count). The lowest BCUT2D eigenvalue weighted by Crippen LogP contribution is -2.46. The van der Waals surface area contributed by atoms with Gasteiger partial charge >= 0.3 is 5.97 Å². The van der Waals surface area contributed by atoms with E-state index in [2.05, 4.69) is 15.0 Å². The lowest BCUT2D eigenvalue weighted by Gasteiger charge is -2.36. The van der Waals surface area contributed by atoms with Crippen LogP contribution in [0.25, 0.3) is 0 Å². The summed E-state index contributed by atoms with van der Waals surface area (Å²) in [5, 5.41) is 2.99. The minimum Gasteiger partial charge on any atom is -0.479 e. The summed E-state index contributed by atoms with van der Waals surface area (Å²) in [5.41, 5.74) is 6.60. The molecule has 0 radical (unpaired) electrons. The summed E-state index contributed by atoms with van der Waals surface area (Å²) < 4.78 is 10.2. The van der Waals surface area contributed by atoms with Crippen molar-refractivity contribution in [2.75, 3.05) is 26.7 Å². The molecule has 2 unspecified atom stereocenters. The SMILES string of the molecule is COC(=O)C(C)Oc1ccc(CN2CCCCC2CNC(=O)CCN)cc1.Cl. The molecule has 0 aliphatic carbocycles. The molecule has 7 nitrogen and oxygen atoms in total. The highest BCUT2D eigenvalue weighted by molar-refractivity contribution is 5.85. The highest BCUT2D eigenvalue weighted by Crippen LogP contribution is 2.21. The van der Waals surface area contributed by atoms with Crippen LogP contribution in [0.2, 0.25) is 0 Å². The second-order valence-electron chi connectivity index (χ2n) is 6.89. The van der Waals surface area contributed by atoms with Crippen molar-refractivity contribution in [2.45, 2.75) is 51.3 Å². The Bertz CT molecular complexity index is 612. The molecule has 0 saturated carbocycles. The van der Waals surface area contributed by atoms with Gasteiger partial charge in [-0.3, -0.25) is 9.69 Å². The number of likely N-dealkylation sites (tertiary alicyclic amines) is 1. The van der Waals surface area contributed by atoms with Gasteiger partial charge in [0.05, 0.1) is 7.11 Å². The van der Waals surface area contributed by atoms with Crippen LogP contribution >= 0.6 is 12.4 Å². The summed E-state index contributed by atoms with van der Waals surface area (Å²) >= 11 is 0. The number of nitrogens with two attached hydrogens (primary N) is 1. The van der Waals surface area contributed by atoms with Crippen LogP contribution in [-0.4, -0.2) is 55.7 Å². The van der Waals surface area contributed by atoms with E-state index in [0.29, 0.717) is 31.3 Å². The van der Waals surface area contributed by atoms with Crippen molar-refractivity contribution < 1.29 is 19.1 Å². The molecular formula is C20H32ClN3O4. The Labute approximate surface area is 173 Å². The average molecular weight is 414 g/mol. The maximum absolute atomic E-state index is 11.7. The number of nitrogens with zero attached hydrogens (tertiary/aromatic N) is 1. The summed E-state index contributed by atoms with van der Waals surface area (Å²) in [6.45, 7) is 4.55. The molecule has 1 aliphatic rings. The number of hydrogen-bond donors (Lipinski definition) is 2. The summed E-state index contributed by atoms with van der Waals surface area (Å²) in [5.74, 6) is 0.261. The first-order valence-corrected chi connectivity index (χ1v) is 9.57. The van der Waals surface area contributed by atoms with Gasteiger partial charge in [-0.15, -0.1) is 12.4 Å². The predicted molar refractivity (Wildman–Crippen MR) is 111 cm³/mol. The van der Waals surface area contributed by atoms with Gasteiger partial charge in [0.15, 0.2) is 6.10 Å². The fraction of sp³-hybridized carbons (Fsp3) is 0.600. The van der Waals surface area contributed by atoms with Crippen LogP contribution < -0.4 is 15.8 Å². The quantitative estimate of drug-likeness (QED) is 0.600. The van der Waals surface area contributed by atoms with Crippen LogP contribution in [0, 0.1) is 0 Å². The van der Waals surface area contributed by atoms with Crippen LogP contribution in [0.1, 0.15) is 38.2 Å². The van der Waals surface area contributed by atoms with Crippen LogP contribution in [0.5, 0.6) is 5.75 Å². The van der Waals surface area contributed by atoms with Crippen LogP contribution in [0.4, 0.5) is 0 Å². The molecule has 1 amide bonds. The van der Waals surface area contributed by atoms with Crippen LogP contribution in [-0.2, 0) is 20.9 Å². The topological polar surface area (TPSA) is 93.9 Å². The standard InChI is InChI=1S/C20H31N3O4.ClH/c1-15(20(25)26-2)27-18-8-6-16(7-9-18)14-23-12-4-3-5-17(23)13-22-19(24)10-11-21;/h6-9,15,17H,3-5,10-14,21H2,1-2H3,(H,22,24);1H. The molecule has 1 aliphatic heterocycles. The molecule has 0 aromatic heterocycles. The Morgan fingerprint density at radius 2 is 2.00 bits per heavy atom. The van der Waals surface area contributed by atoms with Crippen molar-refractivity contribution in [3.63, 3.8) is 0 Å². The molecule has 1 aromatic carbocycles. The minimum absolute atomic E-state index is 0. The van der Waals surface area contributed by atoms with Crippen molar-refractivity contribution in [1.82, 2.24) is 10.2 Å². The number of halogens is 1. The average Bonchev–Trinajstić information content (AvgIpc) is 2.68. The maximum Gasteiger partial charge on any atom is 0.346 e. The molecule has 0 bridgehead atoms. The summed E-state index contributed by atoms with van der Waals surface area (Å²) in [4.78, 5) is 25.5. The minimum atomic E-state index is -0.635. The van der Waals surface area contributed by atoms with E-state index >= 15 is 0 Å². The molecule has 158 valence electrons. The van der Waals surface area contributed by atoms with E-state index in [1.807, 2.05) is 24.3 Å². The van der Waals surface area contributed by atoms with E-state index in [4.69, 9.17) is 10.5 Å². The van der Waals surface area contributed by atoms with Gasteiger partial charge < -0.3 is 20.5 Å². The van der Waals surface area contributed by atoms with E-state index in [0.717, 1.165) is 19.5 Å². The molecule has 3 N–H and O–H groups in total. The molecule has 1 saturated heterocycles. The monoisotopic (exact) mass is 413 g/mol. The van der Waals surface area contributed by atoms with Gasteiger partial charge in [0.1, 0.15) is 5.75 Å². The van der Waals surface area contributed by atoms with Crippen molar-refractivity contribution in [1.29, 1.82) is 0 Å². The van der Waals surface area contributed by atoms with E-state index in [1.165, 1.54) is 25.5 Å². The van der Waals surface area contributed by atoms with Crippen LogP contribution in [0.15, 0.2) is 24.3 Å². The smallest absolute Gasteiger partial charge is 0.346 e. The van der Waals surface area contributed by atoms with E-state index in [-0.39, 0.29) is 18.3 Å². The number of carbonyl (C=O) groups is 2. The van der Waals surface area contributed by atoms with Crippen molar-refractivity contribution >= 4 is 24.3 Å². The molecule has 28 heavy (non-hydrogen) atoms. The first-order chi connectivity index (χ1) is 13.0. The molecule has 1 heterocycles. The largest absolute Gasteiger partial charge is 0.479 e. The highest BCUT2D eigenvalue weighted by Gasteiger charge is 2.23. The molecular weight excluding hydrogens is 382 g/mol. The van der Waals surface area contributed by atoms with E-state index < -0.39 is 12.1 Å². The molecule has 0 spiro atoms. The fourth-order valence-electron chi connectivity index (χ4n) is 3.28. The van der Waals surface area contributed by atoms with Crippen molar-refractivity contribution in [2.24, 2.45) is 5.73 Å². The third-order valence-corrected chi connectivity index (χ3v) is 4.81. The van der Waals surface area contributed by atoms with E-state index in [9.17, 15) is 9.59 Å². The second kappa shape index (κ2) is 12.6. The van der Waals surface area contributed by atoms with Crippen molar-refractivity contribution in [3.8, 4) is 5.75 Å². The van der Waals surface area contributed by atoms with Crippen LogP contribution in [0.3, 0.4) is 0 Å². The molecule has 1 fully saturated rings. The van der Waals surface area contributed by atoms with Gasteiger partial charge in [-0.2, -0.15) is 0 Å². The molecule has 2 atom stereocenters. The Morgan fingerprint density at radius 3 is 2.64 bits per heavy atom. The number of esters is 1. The number of benzene rings is 1. The number of hydrogen-bond acceptors (Lipinski definition) is 6. The van der Waals surface area contributed by atoms with Gasteiger partial charge in [0, 0.05) is 32.1 Å². The Morgan fingerprint density at radius 1 is 1.29 bits per heavy atom. The summed E-state index contributed by atoms with van der Waals surface area (Å²) in [7, 11) is 1.35. The Hall–Kier alpha value is -1.83. The number of rotatable bonds is 9. The van der Waals surface area contributed by atoms with Gasteiger partial charge in [-0.25, -0.2) is 4.79 Å². The first kappa shape index (κ1) is 24.2. The summed E-state index contributed by atoms with van der Waals surface area (Å²) in [6, 6.07) is 8.11. The summed E-state index contributed by atoms with van der Waals surface area (Å²) in [6.07, 6.45) is 3.18. The number of piperidine rings is 1. The van der Waals surface area contributed by atoms with Crippen molar-refractivity contribution in [3.05, 3.63) is 29.8 Å². The number of ether oxygens (including phenoxy) is 2. The third-order valence-electron chi connectivity index (χ3n) is 4.81. The zero-order chi connectivity index (χ0) is 19.6. The van der Waals surface area contributed by atoms with Gasteiger partial charge in [0.25, 0.3) is 0 Å². The number of methoxy groups -OCH3 is 1. The van der Waals surface area contributed by atoms with Gasteiger partial charge in [0.2, 0.25) is 5.91 Å². The molecule has 8 heteroatoms. The fourth-order valence-corrected chi connectivity index (χ4v) is 3.28. The van der Waals surface area contributed by atoms with Gasteiger partial charge in [-0.05, 0) is 44.0 Å². The third kappa shape index (κ3) is 7.66. The first-order valence-electron chi connectivity index (χ1n) is 9.57. The zero-order valence-corrected chi connectivity index (χ0v) is 17.5.